The number of halogens is 1. The normalized spacial score (nSPS) is 19.9. The van der Waals surface area contributed by atoms with E-state index in [0.29, 0.717) is 5.15 Å². The first-order valence-corrected chi connectivity index (χ1v) is 7.66. The average molecular weight is 272 g/mol. The first-order chi connectivity index (χ1) is 8.22. The van der Waals surface area contributed by atoms with E-state index in [1.54, 1.807) is 0 Å². The van der Waals surface area contributed by atoms with Gasteiger partial charge in [-0.2, -0.15) is 0 Å². The summed E-state index contributed by atoms with van der Waals surface area (Å²) in [5, 5.41) is 1.30. The van der Waals surface area contributed by atoms with E-state index in [2.05, 4.69) is 21.8 Å². The van der Waals surface area contributed by atoms with E-state index < -0.39 is 0 Å². The van der Waals surface area contributed by atoms with Gasteiger partial charge in [-0.25, -0.2) is 9.97 Å². The molecule has 0 N–H and O–H groups in total. The van der Waals surface area contributed by atoms with Crippen molar-refractivity contribution < 1.29 is 0 Å². The highest BCUT2D eigenvalue weighted by Gasteiger charge is 2.23. The van der Waals surface area contributed by atoms with Crippen LogP contribution in [0.2, 0.25) is 5.15 Å². The zero-order chi connectivity index (χ0) is 12.3. The predicted octanol–water partition coefficient (Wildman–Crippen LogP) is 3.48. The fourth-order valence-corrected chi connectivity index (χ4v) is 2.93. The molecular weight excluding hydrogens is 254 g/mol. The molecule has 1 aliphatic heterocycles. The first-order valence-electron chi connectivity index (χ1n) is 6.06. The van der Waals surface area contributed by atoms with E-state index in [-0.39, 0.29) is 0 Å². The summed E-state index contributed by atoms with van der Waals surface area (Å²) < 4.78 is 0. The molecule has 1 unspecified atom stereocenters. The molecule has 3 nitrogen and oxygen atoms in total. The van der Waals surface area contributed by atoms with Crippen molar-refractivity contribution in [3.05, 3.63) is 11.2 Å². The van der Waals surface area contributed by atoms with Crippen molar-refractivity contribution in [2.24, 2.45) is 5.92 Å². The van der Waals surface area contributed by atoms with Crippen LogP contribution in [-0.4, -0.2) is 29.3 Å². The number of hydrogen-bond acceptors (Lipinski definition) is 4. The third kappa shape index (κ3) is 3.26. The highest BCUT2D eigenvalue weighted by molar-refractivity contribution is 7.98. The van der Waals surface area contributed by atoms with E-state index in [0.717, 1.165) is 30.0 Å². The fraction of sp³-hybridized carbons (Fsp3) is 0.667. The third-order valence-corrected chi connectivity index (χ3v) is 3.89. The largest absolute Gasteiger partial charge is 0.356 e. The van der Waals surface area contributed by atoms with Gasteiger partial charge in [0.25, 0.3) is 0 Å². The average Bonchev–Trinajstić information content (AvgIpc) is 2.77. The first kappa shape index (κ1) is 13.0. The molecule has 1 saturated heterocycles. The van der Waals surface area contributed by atoms with Gasteiger partial charge >= 0.3 is 0 Å². The van der Waals surface area contributed by atoms with Crippen LogP contribution in [0.4, 0.5) is 5.82 Å². The topological polar surface area (TPSA) is 29.0 Å². The molecule has 0 spiro atoms. The molecule has 0 amide bonds. The van der Waals surface area contributed by atoms with Crippen molar-refractivity contribution in [1.29, 1.82) is 0 Å². The van der Waals surface area contributed by atoms with Crippen LogP contribution in [0.1, 0.15) is 26.2 Å². The van der Waals surface area contributed by atoms with Crippen molar-refractivity contribution >= 4 is 29.2 Å². The Morgan fingerprint density at radius 2 is 2.35 bits per heavy atom. The maximum atomic E-state index is 6.01. The maximum absolute atomic E-state index is 6.01. The number of nitrogens with zero attached hydrogens (tertiary/aromatic N) is 3. The summed E-state index contributed by atoms with van der Waals surface area (Å²) in [7, 11) is 0. The van der Waals surface area contributed by atoms with Gasteiger partial charge in [-0.3, -0.25) is 0 Å². The van der Waals surface area contributed by atoms with Gasteiger partial charge in [0, 0.05) is 19.2 Å². The Morgan fingerprint density at radius 3 is 3.06 bits per heavy atom. The lowest BCUT2D eigenvalue weighted by Gasteiger charge is -2.18. The van der Waals surface area contributed by atoms with Gasteiger partial charge < -0.3 is 4.90 Å². The zero-order valence-electron chi connectivity index (χ0n) is 10.3. The van der Waals surface area contributed by atoms with Crippen LogP contribution in [0, 0.1) is 5.92 Å². The van der Waals surface area contributed by atoms with Gasteiger partial charge in [-0.15, -0.1) is 0 Å². The third-order valence-electron chi connectivity index (χ3n) is 3.15. The van der Waals surface area contributed by atoms with Crippen molar-refractivity contribution in [2.75, 3.05) is 24.2 Å². The van der Waals surface area contributed by atoms with Gasteiger partial charge in [-0.1, -0.05) is 36.7 Å². The SMILES string of the molecule is CCCC1CCN(c2cc(Cl)nc(SC)n2)C1. The molecule has 1 aromatic heterocycles. The Kier molecular flexibility index (Phi) is 4.51. The summed E-state index contributed by atoms with van der Waals surface area (Å²) in [5.41, 5.74) is 0. The molecular formula is C12H18ClN3S. The Balaban J connectivity index is 2.10. The smallest absolute Gasteiger partial charge is 0.190 e. The second-order valence-electron chi connectivity index (χ2n) is 4.42. The fourth-order valence-electron chi connectivity index (χ4n) is 2.32. The molecule has 1 aliphatic rings. The molecule has 2 heterocycles. The lowest BCUT2D eigenvalue weighted by molar-refractivity contribution is 0.529. The number of hydrogen-bond donors (Lipinski definition) is 0. The lowest BCUT2D eigenvalue weighted by atomic mass is 10.0. The molecule has 0 aliphatic carbocycles. The number of thioether (sulfide) groups is 1. The maximum Gasteiger partial charge on any atom is 0.190 e. The van der Waals surface area contributed by atoms with E-state index in [4.69, 9.17) is 11.6 Å². The van der Waals surface area contributed by atoms with Gasteiger partial charge in [-0.05, 0) is 25.0 Å². The van der Waals surface area contributed by atoms with Crippen LogP contribution in [-0.2, 0) is 0 Å². The second kappa shape index (κ2) is 5.91. The molecule has 1 atom stereocenters. The lowest BCUT2D eigenvalue weighted by Crippen LogP contribution is -2.21. The van der Waals surface area contributed by atoms with E-state index in [9.17, 15) is 0 Å². The zero-order valence-corrected chi connectivity index (χ0v) is 11.9. The standard InChI is InChI=1S/C12H18ClN3S/c1-3-4-9-5-6-16(8-9)11-7-10(13)14-12(15-11)17-2/h7,9H,3-6,8H2,1-2H3. The Morgan fingerprint density at radius 1 is 1.53 bits per heavy atom. The Labute approximate surface area is 112 Å². The van der Waals surface area contributed by atoms with Crippen LogP contribution >= 0.6 is 23.4 Å². The van der Waals surface area contributed by atoms with E-state index in [1.807, 2.05) is 12.3 Å². The molecule has 5 heteroatoms. The van der Waals surface area contributed by atoms with Crippen molar-refractivity contribution in [1.82, 2.24) is 9.97 Å². The summed E-state index contributed by atoms with van der Waals surface area (Å²) in [4.78, 5) is 11.0. The minimum absolute atomic E-state index is 0.540. The van der Waals surface area contributed by atoms with E-state index >= 15 is 0 Å². The highest BCUT2D eigenvalue weighted by Crippen LogP contribution is 2.27. The molecule has 0 saturated carbocycles. The van der Waals surface area contributed by atoms with Gasteiger partial charge in [0.15, 0.2) is 5.16 Å². The summed E-state index contributed by atoms with van der Waals surface area (Å²) in [6.45, 7) is 4.44. The second-order valence-corrected chi connectivity index (χ2v) is 5.59. The molecule has 0 bridgehead atoms. The summed E-state index contributed by atoms with van der Waals surface area (Å²) in [6, 6.07) is 1.87. The van der Waals surface area contributed by atoms with Crippen molar-refractivity contribution in [3.63, 3.8) is 0 Å². The quantitative estimate of drug-likeness (QED) is 0.476. The van der Waals surface area contributed by atoms with Gasteiger partial charge in [0.05, 0.1) is 0 Å². The summed E-state index contributed by atoms with van der Waals surface area (Å²) >= 11 is 7.55. The van der Waals surface area contributed by atoms with Crippen LogP contribution in [0.15, 0.2) is 11.2 Å². The number of rotatable bonds is 4. The molecule has 0 radical (unpaired) electrons. The molecule has 17 heavy (non-hydrogen) atoms. The molecule has 1 fully saturated rings. The Hall–Kier alpha value is -0.480. The molecule has 2 rings (SSSR count). The minimum Gasteiger partial charge on any atom is -0.356 e. The molecule has 0 aromatic carbocycles. The Bertz CT molecular complexity index is 386. The monoisotopic (exact) mass is 271 g/mol. The number of anilines is 1. The van der Waals surface area contributed by atoms with Crippen LogP contribution < -0.4 is 4.90 Å². The summed E-state index contributed by atoms with van der Waals surface area (Å²) in [5.74, 6) is 1.79. The van der Waals surface area contributed by atoms with Gasteiger partial charge in [0.2, 0.25) is 0 Å². The molecule has 1 aromatic rings. The van der Waals surface area contributed by atoms with Crippen molar-refractivity contribution in [3.8, 4) is 0 Å². The molecule has 94 valence electrons. The summed E-state index contributed by atoms with van der Waals surface area (Å²) in [6.07, 6.45) is 5.81. The number of aromatic nitrogens is 2. The van der Waals surface area contributed by atoms with E-state index in [1.165, 1.54) is 31.0 Å². The van der Waals surface area contributed by atoms with Crippen LogP contribution in [0.3, 0.4) is 0 Å². The van der Waals surface area contributed by atoms with Crippen LogP contribution in [0.5, 0.6) is 0 Å². The van der Waals surface area contributed by atoms with Crippen molar-refractivity contribution in [2.45, 2.75) is 31.3 Å². The van der Waals surface area contributed by atoms with Gasteiger partial charge in [0.1, 0.15) is 11.0 Å². The van der Waals surface area contributed by atoms with Crippen LogP contribution in [0.25, 0.3) is 0 Å². The minimum atomic E-state index is 0.540. The highest BCUT2D eigenvalue weighted by atomic mass is 35.5. The predicted molar refractivity (Wildman–Crippen MR) is 74.1 cm³/mol.